The van der Waals surface area contributed by atoms with E-state index in [1.165, 1.54) is 11.6 Å². The zero-order valence-corrected chi connectivity index (χ0v) is 12.6. The third-order valence-electron chi connectivity index (χ3n) is 3.25. The maximum absolute atomic E-state index is 10.9. The van der Waals surface area contributed by atoms with E-state index in [-0.39, 0.29) is 11.1 Å². The van der Waals surface area contributed by atoms with Gasteiger partial charge < -0.3 is 10.4 Å². The fourth-order valence-electron chi connectivity index (χ4n) is 1.98. The highest BCUT2D eigenvalue weighted by molar-refractivity contribution is 5.85. The lowest BCUT2D eigenvalue weighted by atomic mass is 9.87. The van der Waals surface area contributed by atoms with Crippen LogP contribution in [-0.2, 0) is 12.0 Å². The summed E-state index contributed by atoms with van der Waals surface area (Å²) in [5.41, 5.74) is 3.17. The molecule has 0 spiro atoms. The highest BCUT2D eigenvalue weighted by atomic mass is 16.4. The first kappa shape index (κ1) is 15.0. The standard InChI is InChI=1S/C17H20N2O2/c1-17(2,3)12-7-9-13(10-8-12)18-11-14-5-4-6-15(19-14)16(20)21/h4-10,18H,11H2,1-3H3,(H,20,21). The Hall–Kier alpha value is -2.36. The van der Waals surface area contributed by atoms with Crippen molar-refractivity contribution in [2.75, 3.05) is 5.32 Å². The summed E-state index contributed by atoms with van der Waals surface area (Å²) >= 11 is 0. The van der Waals surface area contributed by atoms with Crippen molar-refractivity contribution in [2.45, 2.75) is 32.7 Å². The summed E-state index contributed by atoms with van der Waals surface area (Å²) in [6.45, 7) is 7.03. The molecule has 110 valence electrons. The van der Waals surface area contributed by atoms with Crippen molar-refractivity contribution in [3.63, 3.8) is 0 Å². The number of carboxylic acids is 1. The van der Waals surface area contributed by atoms with Crippen molar-refractivity contribution in [3.05, 3.63) is 59.4 Å². The summed E-state index contributed by atoms with van der Waals surface area (Å²) < 4.78 is 0. The first-order valence-corrected chi connectivity index (χ1v) is 6.90. The minimum Gasteiger partial charge on any atom is -0.477 e. The summed E-state index contributed by atoms with van der Waals surface area (Å²) in [5.74, 6) is -1.01. The van der Waals surface area contributed by atoms with Crippen molar-refractivity contribution in [2.24, 2.45) is 0 Å². The Kier molecular flexibility index (Phi) is 4.26. The second-order valence-corrected chi connectivity index (χ2v) is 6.00. The Bertz CT molecular complexity index is 628. The molecule has 1 heterocycles. The first-order chi connectivity index (χ1) is 9.86. The van der Waals surface area contributed by atoms with Gasteiger partial charge in [0.05, 0.1) is 12.2 Å². The van der Waals surface area contributed by atoms with Crippen LogP contribution in [0.2, 0.25) is 0 Å². The number of carbonyl (C=O) groups is 1. The number of hydrogen-bond acceptors (Lipinski definition) is 3. The van der Waals surface area contributed by atoms with Gasteiger partial charge in [0.1, 0.15) is 5.69 Å². The SMILES string of the molecule is CC(C)(C)c1ccc(NCc2cccc(C(=O)O)n2)cc1. The number of nitrogens with one attached hydrogen (secondary N) is 1. The Morgan fingerprint density at radius 3 is 2.38 bits per heavy atom. The van der Waals surface area contributed by atoms with Crippen LogP contribution in [-0.4, -0.2) is 16.1 Å². The van der Waals surface area contributed by atoms with E-state index >= 15 is 0 Å². The van der Waals surface area contributed by atoms with E-state index in [0.29, 0.717) is 12.2 Å². The van der Waals surface area contributed by atoms with E-state index in [1.807, 2.05) is 18.2 Å². The fourth-order valence-corrected chi connectivity index (χ4v) is 1.98. The molecule has 1 aromatic heterocycles. The molecular weight excluding hydrogens is 264 g/mol. The lowest BCUT2D eigenvalue weighted by Gasteiger charge is -2.19. The maximum Gasteiger partial charge on any atom is 0.354 e. The first-order valence-electron chi connectivity index (χ1n) is 6.90. The van der Waals surface area contributed by atoms with Crippen LogP contribution in [0, 0.1) is 0 Å². The van der Waals surface area contributed by atoms with Crippen LogP contribution < -0.4 is 5.32 Å². The number of rotatable bonds is 4. The molecule has 0 aliphatic carbocycles. The second kappa shape index (κ2) is 5.95. The molecule has 4 nitrogen and oxygen atoms in total. The van der Waals surface area contributed by atoms with Gasteiger partial charge in [0.25, 0.3) is 0 Å². The summed E-state index contributed by atoms with van der Waals surface area (Å²) in [4.78, 5) is 15.0. The highest BCUT2D eigenvalue weighted by Crippen LogP contribution is 2.23. The number of aromatic carboxylic acids is 1. The molecule has 1 aromatic carbocycles. The third-order valence-corrected chi connectivity index (χ3v) is 3.25. The number of carboxylic acid groups (broad SMARTS) is 1. The predicted octanol–water partition coefficient (Wildman–Crippen LogP) is 3.69. The van der Waals surface area contributed by atoms with Gasteiger partial charge in [-0.15, -0.1) is 0 Å². The van der Waals surface area contributed by atoms with Crippen LogP contribution in [0.15, 0.2) is 42.5 Å². The molecule has 2 N–H and O–H groups in total. The largest absolute Gasteiger partial charge is 0.477 e. The lowest BCUT2D eigenvalue weighted by Crippen LogP contribution is -2.11. The lowest BCUT2D eigenvalue weighted by molar-refractivity contribution is 0.0690. The van der Waals surface area contributed by atoms with Gasteiger partial charge in [-0.05, 0) is 35.2 Å². The van der Waals surface area contributed by atoms with Gasteiger partial charge in [-0.1, -0.05) is 39.0 Å². The molecule has 0 amide bonds. The Morgan fingerprint density at radius 1 is 1.14 bits per heavy atom. The molecule has 0 fully saturated rings. The maximum atomic E-state index is 10.9. The van der Waals surface area contributed by atoms with Crippen LogP contribution in [0.1, 0.15) is 42.5 Å². The number of benzene rings is 1. The van der Waals surface area contributed by atoms with Crippen LogP contribution in [0.4, 0.5) is 5.69 Å². The van der Waals surface area contributed by atoms with E-state index in [4.69, 9.17) is 5.11 Å². The monoisotopic (exact) mass is 284 g/mol. The second-order valence-electron chi connectivity index (χ2n) is 6.00. The molecule has 0 saturated carbocycles. The minimum absolute atomic E-state index is 0.0670. The van der Waals surface area contributed by atoms with E-state index in [1.54, 1.807) is 6.07 Å². The number of aromatic nitrogens is 1. The van der Waals surface area contributed by atoms with Crippen LogP contribution in [0.3, 0.4) is 0 Å². The van der Waals surface area contributed by atoms with Gasteiger partial charge in [-0.25, -0.2) is 9.78 Å². The molecule has 0 aliphatic rings. The molecule has 2 rings (SSSR count). The molecule has 0 unspecified atom stereocenters. The van der Waals surface area contributed by atoms with E-state index in [0.717, 1.165) is 5.69 Å². The normalized spacial score (nSPS) is 11.2. The molecular formula is C17H20N2O2. The van der Waals surface area contributed by atoms with Gasteiger partial charge in [0, 0.05) is 5.69 Å². The number of nitrogens with zero attached hydrogens (tertiary/aromatic N) is 1. The average molecular weight is 284 g/mol. The van der Waals surface area contributed by atoms with Crippen LogP contribution >= 0.6 is 0 Å². The molecule has 0 atom stereocenters. The molecule has 2 aromatic rings. The number of pyridine rings is 1. The summed E-state index contributed by atoms with van der Waals surface area (Å²) in [6.07, 6.45) is 0. The zero-order chi connectivity index (χ0) is 15.5. The van der Waals surface area contributed by atoms with Gasteiger partial charge in [0.15, 0.2) is 0 Å². The summed E-state index contributed by atoms with van der Waals surface area (Å²) in [6, 6.07) is 13.3. The van der Waals surface area contributed by atoms with Crippen molar-refractivity contribution < 1.29 is 9.90 Å². The van der Waals surface area contributed by atoms with E-state index in [2.05, 4.69) is 43.2 Å². The topological polar surface area (TPSA) is 62.2 Å². The molecule has 0 aliphatic heterocycles. The zero-order valence-electron chi connectivity index (χ0n) is 12.6. The van der Waals surface area contributed by atoms with Crippen molar-refractivity contribution in [1.82, 2.24) is 4.98 Å². The van der Waals surface area contributed by atoms with Gasteiger partial charge in [-0.3, -0.25) is 0 Å². The molecule has 21 heavy (non-hydrogen) atoms. The Morgan fingerprint density at radius 2 is 1.81 bits per heavy atom. The van der Waals surface area contributed by atoms with Gasteiger partial charge >= 0.3 is 5.97 Å². The molecule has 0 saturated heterocycles. The quantitative estimate of drug-likeness (QED) is 0.899. The Balaban J connectivity index is 2.03. The number of anilines is 1. The van der Waals surface area contributed by atoms with E-state index in [9.17, 15) is 4.79 Å². The minimum atomic E-state index is -1.01. The van der Waals surface area contributed by atoms with Crippen LogP contribution in [0.25, 0.3) is 0 Å². The number of hydrogen-bond donors (Lipinski definition) is 2. The highest BCUT2D eigenvalue weighted by Gasteiger charge is 2.12. The average Bonchev–Trinajstić information content (AvgIpc) is 2.45. The Labute approximate surface area is 124 Å². The van der Waals surface area contributed by atoms with Crippen molar-refractivity contribution in [1.29, 1.82) is 0 Å². The summed E-state index contributed by atoms with van der Waals surface area (Å²) in [5, 5.41) is 12.2. The van der Waals surface area contributed by atoms with Gasteiger partial charge in [0.2, 0.25) is 0 Å². The molecule has 0 radical (unpaired) electrons. The van der Waals surface area contributed by atoms with Crippen molar-refractivity contribution >= 4 is 11.7 Å². The smallest absolute Gasteiger partial charge is 0.354 e. The van der Waals surface area contributed by atoms with Crippen molar-refractivity contribution in [3.8, 4) is 0 Å². The van der Waals surface area contributed by atoms with Gasteiger partial charge in [-0.2, -0.15) is 0 Å². The molecule has 4 heteroatoms. The molecule has 0 bridgehead atoms. The predicted molar refractivity (Wildman–Crippen MR) is 83.7 cm³/mol. The third kappa shape index (κ3) is 4.05. The van der Waals surface area contributed by atoms with Crippen LogP contribution in [0.5, 0.6) is 0 Å². The summed E-state index contributed by atoms with van der Waals surface area (Å²) in [7, 11) is 0. The van der Waals surface area contributed by atoms with E-state index < -0.39 is 5.97 Å². The fraction of sp³-hybridized carbons (Fsp3) is 0.294.